The SMILES string of the molecule is C=CC(=O)N(C(C)C)C(C)C.CC=C(C)C(N)=O. The van der Waals surface area contributed by atoms with Crippen molar-refractivity contribution in [3.8, 4) is 0 Å². The fourth-order valence-corrected chi connectivity index (χ4v) is 1.35. The van der Waals surface area contributed by atoms with Crippen molar-refractivity contribution < 1.29 is 9.59 Å². The summed E-state index contributed by atoms with van der Waals surface area (Å²) in [6, 6.07) is 0.501. The van der Waals surface area contributed by atoms with Gasteiger partial charge in [0.15, 0.2) is 0 Å². The highest BCUT2D eigenvalue weighted by Crippen LogP contribution is 2.05. The van der Waals surface area contributed by atoms with Gasteiger partial charge in [0.25, 0.3) is 0 Å². The van der Waals surface area contributed by atoms with Crippen molar-refractivity contribution in [1.29, 1.82) is 0 Å². The third-order valence-electron chi connectivity index (χ3n) is 2.36. The van der Waals surface area contributed by atoms with E-state index in [0.29, 0.717) is 5.57 Å². The first-order chi connectivity index (χ1) is 8.18. The summed E-state index contributed by atoms with van der Waals surface area (Å²) in [5.41, 5.74) is 5.45. The molecule has 0 aromatic rings. The van der Waals surface area contributed by atoms with E-state index in [1.54, 1.807) is 24.8 Å². The Balaban J connectivity index is 0. The van der Waals surface area contributed by atoms with Crippen LogP contribution in [0, 0.1) is 0 Å². The van der Waals surface area contributed by atoms with Gasteiger partial charge in [0.05, 0.1) is 0 Å². The van der Waals surface area contributed by atoms with Crippen LogP contribution in [0.2, 0.25) is 0 Å². The molecule has 0 aromatic carbocycles. The molecule has 0 saturated carbocycles. The normalized spacial score (nSPS) is 10.8. The second kappa shape index (κ2) is 9.45. The van der Waals surface area contributed by atoms with Crippen molar-refractivity contribution in [2.45, 2.75) is 53.6 Å². The van der Waals surface area contributed by atoms with Crippen LogP contribution in [0.5, 0.6) is 0 Å². The van der Waals surface area contributed by atoms with E-state index in [9.17, 15) is 9.59 Å². The molecule has 4 heteroatoms. The van der Waals surface area contributed by atoms with Crippen LogP contribution in [0.15, 0.2) is 24.3 Å². The van der Waals surface area contributed by atoms with Crippen molar-refractivity contribution in [3.05, 3.63) is 24.3 Å². The third-order valence-corrected chi connectivity index (χ3v) is 2.36. The number of allylic oxidation sites excluding steroid dienone is 1. The molecule has 0 heterocycles. The molecule has 4 nitrogen and oxygen atoms in total. The Morgan fingerprint density at radius 2 is 1.56 bits per heavy atom. The average Bonchev–Trinajstić information content (AvgIpc) is 2.27. The fraction of sp³-hybridized carbons (Fsp3) is 0.571. The van der Waals surface area contributed by atoms with Gasteiger partial charge in [-0.15, -0.1) is 0 Å². The Labute approximate surface area is 111 Å². The van der Waals surface area contributed by atoms with Crippen molar-refractivity contribution in [2.24, 2.45) is 5.73 Å². The van der Waals surface area contributed by atoms with Crippen LogP contribution in [-0.2, 0) is 9.59 Å². The Bertz CT molecular complexity index is 310. The predicted molar refractivity (Wildman–Crippen MR) is 75.9 cm³/mol. The Morgan fingerprint density at radius 1 is 1.17 bits per heavy atom. The summed E-state index contributed by atoms with van der Waals surface area (Å²) in [7, 11) is 0. The molecule has 104 valence electrons. The summed E-state index contributed by atoms with van der Waals surface area (Å²) < 4.78 is 0. The standard InChI is InChI=1S/C9H17NO.C5H9NO/c1-6-9(11)10(7(2)3)8(4)5;1-3-4(2)5(6)7/h6-8H,1H2,2-5H3;3H,1-2H3,(H2,6,7). The quantitative estimate of drug-likeness (QED) is 0.782. The summed E-state index contributed by atoms with van der Waals surface area (Å²) in [6.45, 7) is 14.9. The molecule has 2 amide bonds. The van der Waals surface area contributed by atoms with Crippen LogP contribution < -0.4 is 5.73 Å². The van der Waals surface area contributed by atoms with E-state index in [1.165, 1.54) is 6.08 Å². The van der Waals surface area contributed by atoms with E-state index in [1.807, 2.05) is 27.7 Å². The monoisotopic (exact) mass is 254 g/mol. The number of primary amides is 1. The number of hydrogen-bond acceptors (Lipinski definition) is 2. The molecule has 0 unspecified atom stereocenters. The van der Waals surface area contributed by atoms with Gasteiger partial charge < -0.3 is 10.6 Å². The zero-order valence-corrected chi connectivity index (χ0v) is 12.4. The Kier molecular flexibility index (Phi) is 9.86. The number of nitrogens with zero attached hydrogens (tertiary/aromatic N) is 1. The molecular formula is C14H26N2O2. The van der Waals surface area contributed by atoms with E-state index in [2.05, 4.69) is 6.58 Å². The van der Waals surface area contributed by atoms with Gasteiger partial charge in [-0.2, -0.15) is 0 Å². The molecule has 0 spiro atoms. The Morgan fingerprint density at radius 3 is 1.61 bits per heavy atom. The number of rotatable bonds is 4. The highest BCUT2D eigenvalue weighted by Gasteiger charge is 2.16. The average molecular weight is 254 g/mol. The number of amides is 2. The highest BCUT2D eigenvalue weighted by atomic mass is 16.2. The number of hydrogen-bond donors (Lipinski definition) is 1. The van der Waals surface area contributed by atoms with Crippen LogP contribution >= 0.6 is 0 Å². The summed E-state index contributed by atoms with van der Waals surface area (Å²) in [5, 5.41) is 0. The van der Waals surface area contributed by atoms with Crippen molar-refractivity contribution in [1.82, 2.24) is 4.90 Å². The topological polar surface area (TPSA) is 63.4 Å². The number of carbonyl (C=O) groups excluding carboxylic acids is 2. The largest absolute Gasteiger partial charge is 0.366 e. The van der Waals surface area contributed by atoms with Gasteiger partial charge in [0, 0.05) is 17.7 Å². The first-order valence-electron chi connectivity index (χ1n) is 6.06. The second-order valence-electron chi connectivity index (χ2n) is 4.47. The maximum Gasteiger partial charge on any atom is 0.246 e. The van der Waals surface area contributed by atoms with Crippen molar-refractivity contribution in [2.75, 3.05) is 0 Å². The molecule has 0 saturated heterocycles. The summed E-state index contributed by atoms with van der Waals surface area (Å²) in [5.74, 6) is -0.336. The van der Waals surface area contributed by atoms with Crippen LogP contribution in [0.3, 0.4) is 0 Å². The maximum atomic E-state index is 11.2. The lowest BCUT2D eigenvalue weighted by Crippen LogP contribution is -2.40. The molecule has 0 atom stereocenters. The number of carbonyl (C=O) groups is 2. The van der Waals surface area contributed by atoms with Crippen molar-refractivity contribution in [3.63, 3.8) is 0 Å². The third kappa shape index (κ3) is 7.65. The van der Waals surface area contributed by atoms with Crippen LogP contribution in [-0.4, -0.2) is 28.8 Å². The highest BCUT2D eigenvalue weighted by molar-refractivity contribution is 5.91. The zero-order valence-electron chi connectivity index (χ0n) is 12.4. The minimum Gasteiger partial charge on any atom is -0.366 e. The first-order valence-corrected chi connectivity index (χ1v) is 6.06. The zero-order chi connectivity index (χ0) is 14.9. The molecule has 0 aliphatic rings. The van der Waals surface area contributed by atoms with E-state index < -0.39 is 0 Å². The van der Waals surface area contributed by atoms with E-state index >= 15 is 0 Å². The molecule has 2 N–H and O–H groups in total. The van der Waals surface area contributed by atoms with Gasteiger partial charge in [0.1, 0.15) is 0 Å². The summed E-state index contributed by atoms with van der Waals surface area (Å²) in [6.07, 6.45) is 3.04. The predicted octanol–water partition coefficient (Wildman–Crippen LogP) is 2.26. The minimum absolute atomic E-state index is 0.00926. The molecule has 0 aliphatic heterocycles. The fourth-order valence-electron chi connectivity index (χ4n) is 1.35. The van der Waals surface area contributed by atoms with Crippen molar-refractivity contribution >= 4 is 11.8 Å². The summed E-state index contributed by atoms with van der Waals surface area (Å²) >= 11 is 0. The second-order valence-corrected chi connectivity index (χ2v) is 4.47. The van der Waals surface area contributed by atoms with E-state index in [0.717, 1.165) is 0 Å². The molecule has 0 aromatic heterocycles. The lowest BCUT2D eigenvalue weighted by Gasteiger charge is -2.29. The first kappa shape index (κ1) is 18.8. The van der Waals surface area contributed by atoms with E-state index in [-0.39, 0.29) is 23.9 Å². The lowest BCUT2D eigenvalue weighted by molar-refractivity contribution is -0.129. The lowest BCUT2D eigenvalue weighted by atomic mass is 10.2. The van der Waals surface area contributed by atoms with Gasteiger partial charge in [-0.25, -0.2) is 0 Å². The minimum atomic E-state index is -0.345. The molecule has 0 aliphatic carbocycles. The molecule has 0 bridgehead atoms. The smallest absolute Gasteiger partial charge is 0.246 e. The van der Waals surface area contributed by atoms with Gasteiger partial charge in [-0.1, -0.05) is 12.7 Å². The van der Waals surface area contributed by atoms with E-state index in [4.69, 9.17) is 5.73 Å². The molecular weight excluding hydrogens is 228 g/mol. The molecule has 18 heavy (non-hydrogen) atoms. The molecule has 0 rings (SSSR count). The summed E-state index contributed by atoms with van der Waals surface area (Å²) in [4.78, 5) is 23.1. The maximum absolute atomic E-state index is 11.2. The van der Waals surface area contributed by atoms with Crippen LogP contribution in [0.1, 0.15) is 41.5 Å². The number of nitrogens with two attached hydrogens (primary N) is 1. The van der Waals surface area contributed by atoms with Gasteiger partial charge >= 0.3 is 0 Å². The van der Waals surface area contributed by atoms with Gasteiger partial charge in [-0.05, 0) is 47.6 Å². The van der Waals surface area contributed by atoms with Crippen LogP contribution in [0.4, 0.5) is 0 Å². The van der Waals surface area contributed by atoms with Crippen LogP contribution in [0.25, 0.3) is 0 Å². The van der Waals surface area contributed by atoms with Gasteiger partial charge in [-0.3, -0.25) is 9.59 Å². The van der Waals surface area contributed by atoms with Gasteiger partial charge in [0.2, 0.25) is 11.8 Å². The molecule has 0 radical (unpaired) electrons. The molecule has 0 fully saturated rings. The Hall–Kier alpha value is -1.58.